The first kappa shape index (κ1) is 10.3. The number of fused-ring (bicyclic) bond motifs is 1. The number of rotatable bonds is 1. The summed E-state index contributed by atoms with van der Waals surface area (Å²) in [6.45, 7) is 0. The van der Waals surface area contributed by atoms with Crippen molar-refractivity contribution in [2.75, 3.05) is 7.11 Å². The summed E-state index contributed by atoms with van der Waals surface area (Å²) in [4.78, 5) is 4.14. The Bertz CT molecular complexity index is 718. The van der Waals surface area contributed by atoms with Gasteiger partial charge in [-0.2, -0.15) is 0 Å². The highest BCUT2D eigenvalue weighted by atomic mass is 32.1. The molecular formula is C14H11NOS. The quantitative estimate of drug-likeness (QED) is 0.508. The minimum absolute atomic E-state index is 1.03. The van der Waals surface area contributed by atoms with E-state index in [1.807, 2.05) is 29.8 Å². The Balaban J connectivity index is 0.000000107. The molecule has 0 bridgehead atoms. The number of ether oxygens (including phenoxy) is 1. The maximum atomic E-state index is 4.97. The number of aromatic nitrogens is 1. The number of nitrogens with zero attached hydrogens (tertiary/aromatic N) is 1. The van der Waals surface area contributed by atoms with Crippen molar-refractivity contribution in [2.45, 2.75) is 0 Å². The summed E-state index contributed by atoms with van der Waals surface area (Å²) in [6.07, 6.45) is 0. The van der Waals surface area contributed by atoms with E-state index in [9.17, 15) is 0 Å². The lowest BCUT2D eigenvalue weighted by Crippen LogP contribution is -1.92. The van der Waals surface area contributed by atoms with Crippen LogP contribution in [0.4, 0.5) is 0 Å². The first-order chi connectivity index (χ1) is 8.38. The summed E-state index contributed by atoms with van der Waals surface area (Å²) in [6, 6.07) is 14.3. The van der Waals surface area contributed by atoms with Crippen LogP contribution in [-0.2, 0) is 0 Å². The monoisotopic (exact) mass is 241 g/mol. The zero-order valence-corrected chi connectivity index (χ0v) is 10.2. The second-order valence-corrected chi connectivity index (χ2v) is 4.62. The van der Waals surface area contributed by atoms with Gasteiger partial charge in [-0.05, 0) is 23.4 Å². The van der Waals surface area contributed by atoms with Crippen LogP contribution < -0.4 is 4.74 Å². The Labute approximate surface area is 103 Å². The van der Waals surface area contributed by atoms with E-state index < -0.39 is 0 Å². The van der Waals surface area contributed by atoms with Crippen LogP contribution in [0.2, 0.25) is 0 Å². The Hall–Kier alpha value is -1.87. The largest absolute Gasteiger partial charge is 0.496 e. The van der Waals surface area contributed by atoms with Crippen LogP contribution in [0.5, 0.6) is 5.75 Å². The topological polar surface area (TPSA) is 22.1 Å². The lowest BCUT2D eigenvalue weighted by Gasteiger charge is -2.08. The van der Waals surface area contributed by atoms with Gasteiger partial charge < -0.3 is 4.74 Å². The summed E-state index contributed by atoms with van der Waals surface area (Å²) in [5, 5.41) is 2.62. The molecule has 0 unspecified atom stereocenters. The molecular weight excluding hydrogens is 230 g/mol. The van der Waals surface area contributed by atoms with E-state index in [-0.39, 0.29) is 0 Å². The van der Waals surface area contributed by atoms with Gasteiger partial charge in [-0.3, -0.25) is 0 Å². The average Bonchev–Trinajstić information content (AvgIpc) is 2.81. The molecule has 0 aliphatic heterocycles. The number of thiazole rings is 1. The van der Waals surface area contributed by atoms with Crippen LogP contribution in [0.15, 0.2) is 48.0 Å². The highest BCUT2D eigenvalue weighted by Crippen LogP contribution is 2.22. The molecule has 2 aliphatic rings. The summed E-state index contributed by atoms with van der Waals surface area (Å²) in [5.41, 5.74) is 2.97. The predicted octanol–water partition coefficient (Wildman–Crippen LogP) is 3.59. The van der Waals surface area contributed by atoms with E-state index in [0.29, 0.717) is 0 Å². The fraction of sp³-hybridized carbons (Fsp3) is 0.0714. The zero-order chi connectivity index (χ0) is 11.7. The summed E-state index contributed by atoms with van der Waals surface area (Å²) in [7, 11) is 1.70. The number of hydrogen-bond acceptors (Lipinski definition) is 3. The van der Waals surface area contributed by atoms with Crippen molar-refractivity contribution in [3.05, 3.63) is 58.4 Å². The fourth-order valence-electron chi connectivity index (χ4n) is 1.73. The van der Waals surface area contributed by atoms with Crippen molar-refractivity contribution in [2.24, 2.45) is 0 Å². The van der Waals surface area contributed by atoms with Crippen molar-refractivity contribution in [1.82, 2.24) is 4.98 Å². The molecule has 0 N–H and O–H groups in total. The maximum Gasteiger partial charge on any atom is 0.127 e. The molecule has 4 rings (SSSR count). The minimum Gasteiger partial charge on any atom is -0.496 e. The van der Waals surface area contributed by atoms with Crippen LogP contribution in [0.3, 0.4) is 0 Å². The predicted molar refractivity (Wildman–Crippen MR) is 70.3 cm³/mol. The highest BCUT2D eigenvalue weighted by Gasteiger charge is 2.03. The van der Waals surface area contributed by atoms with Gasteiger partial charge in [-0.25, -0.2) is 4.98 Å². The molecule has 2 aliphatic carbocycles. The van der Waals surface area contributed by atoms with E-state index >= 15 is 0 Å². The lowest BCUT2D eigenvalue weighted by molar-refractivity contribution is 0.407. The summed E-state index contributed by atoms with van der Waals surface area (Å²) >= 11 is 1.68. The highest BCUT2D eigenvalue weighted by molar-refractivity contribution is 7.16. The Morgan fingerprint density at radius 3 is 2.53 bits per heavy atom. The van der Waals surface area contributed by atoms with E-state index in [1.54, 1.807) is 18.4 Å². The normalized spacial score (nSPS) is 10.6. The van der Waals surface area contributed by atoms with Crippen molar-refractivity contribution in [3.8, 4) is 5.75 Å². The van der Waals surface area contributed by atoms with Crippen molar-refractivity contribution in [1.29, 1.82) is 0 Å². The Morgan fingerprint density at radius 1 is 1.12 bits per heavy atom. The Kier molecular flexibility index (Phi) is 2.53. The van der Waals surface area contributed by atoms with Gasteiger partial charge in [0.2, 0.25) is 0 Å². The van der Waals surface area contributed by atoms with Gasteiger partial charge in [0.1, 0.15) is 5.75 Å². The zero-order valence-electron chi connectivity index (χ0n) is 9.38. The minimum atomic E-state index is 1.03. The van der Waals surface area contributed by atoms with Crippen LogP contribution in [0.25, 0.3) is 10.2 Å². The molecule has 2 nitrogen and oxygen atoms in total. The molecule has 0 amide bonds. The lowest BCUT2D eigenvalue weighted by atomic mass is 10.1. The van der Waals surface area contributed by atoms with Gasteiger partial charge >= 0.3 is 0 Å². The van der Waals surface area contributed by atoms with Crippen LogP contribution in [0.1, 0.15) is 0 Å². The van der Waals surface area contributed by atoms with Gasteiger partial charge in [-0.15, -0.1) is 11.3 Å². The van der Waals surface area contributed by atoms with E-state index in [0.717, 1.165) is 11.3 Å². The second-order valence-electron chi connectivity index (χ2n) is 3.74. The molecule has 3 heteroatoms. The maximum absolute atomic E-state index is 4.97. The standard InChI is InChI=1S/C7H5NS.C7H6O/c1-2-4-7-6(3-1)8-5-9-7;1-8-7-4-5-2-3-6(5)7/h1-5H;2-4H,1H3. The first-order valence-corrected chi connectivity index (χ1v) is 6.23. The van der Waals surface area contributed by atoms with Crippen molar-refractivity contribution < 1.29 is 4.74 Å². The first-order valence-electron chi connectivity index (χ1n) is 5.35. The average molecular weight is 241 g/mol. The molecule has 0 spiro atoms. The molecule has 0 atom stereocenters. The number of benzene rings is 2. The molecule has 1 aromatic carbocycles. The summed E-state index contributed by atoms with van der Waals surface area (Å²) < 4.78 is 6.23. The molecule has 1 heterocycles. The SMILES string of the molecule is COc1cc2ccc1=2.c1ccc2scnc2c1. The third-order valence-electron chi connectivity index (χ3n) is 2.75. The van der Waals surface area contributed by atoms with Crippen LogP contribution >= 0.6 is 11.3 Å². The van der Waals surface area contributed by atoms with Crippen LogP contribution in [0, 0.1) is 10.4 Å². The second kappa shape index (κ2) is 4.18. The van der Waals surface area contributed by atoms with Crippen molar-refractivity contribution in [3.63, 3.8) is 0 Å². The third kappa shape index (κ3) is 1.78. The Morgan fingerprint density at radius 2 is 2.00 bits per heavy atom. The molecule has 17 heavy (non-hydrogen) atoms. The molecule has 0 saturated heterocycles. The number of hydrogen-bond donors (Lipinski definition) is 0. The molecule has 0 radical (unpaired) electrons. The van der Waals surface area contributed by atoms with E-state index in [4.69, 9.17) is 4.74 Å². The van der Waals surface area contributed by atoms with Gasteiger partial charge in [-0.1, -0.05) is 24.3 Å². The molecule has 84 valence electrons. The fourth-order valence-corrected chi connectivity index (χ4v) is 2.41. The van der Waals surface area contributed by atoms with E-state index in [1.165, 1.54) is 15.1 Å². The van der Waals surface area contributed by atoms with Gasteiger partial charge in [0.25, 0.3) is 0 Å². The number of methoxy groups -OCH3 is 1. The van der Waals surface area contributed by atoms with Crippen molar-refractivity contribution >= 4 is 21.6 Å². The van der Waals surface area contributed by atoms with Gasteiger partial charge in [0.05, 0.1) is 22.8 Å². The van der Waals surface area contributed by atoms with E-state index in [2.05, 4.69) is 23.2 Å². The summed E-state index contributed by atoms with van der Waals surface area (Å²) in [5.74, 6) is 1.03. The van der Waals surface area contributed by atoms with Gasteiger partial charge in [0.15, 0.2) is 0 Å². The molecule has 0 saturated carbocycles. The third-order valence-corrected chi connectivity index (χ3v) is 3.56. The smallest absolute Gasteiger partial charge is 0.127 e. The molecule has 2 aromatic rings. The van der Waals surface area contributed by atoms with Crippen LogP contribution in [-0.4, -0.2) is 12.1 Å². The van der Waals surface area contributed by atoms with Gasteiger partial charge in [0, 0.05) is 5.22 Å². The number of para-hydroxylation sites is 1. The molecule has 0 fully saturated rings. The molecule has 1 aromatic heterocycles.